The molecule has 8 heteroatoms. The number of sulfonamides is 1. The van der Waals surface area contributed by atoms with E-state index in [1.165, 1.54) is 23.5 Å². The van der Waals surface area contributed by atoms with Gasteiger partial charge >= 0.3 is 0 Å². The number of carbonyl (C=O) groups is 1. The molecule has 1 amide bonds. The molecule has 3 rings (SSSR count). The van der Waals surface area contributed by atoms with E-state index in [2.05, 4.69) is 0 Å². The summed E-state index contributed by atoms with van der Waals surface area (Å²) in [5.41, 5.74) is 2.54. The molecule has 0 saturated heterocycles. The molecule has 0 radical (unpaired) electrons. The van der Waals surface area contributed by atoms with Crippen LogP contribution < -0.4 is 10.2 Å². The molecular formula is C21H26N2O5S. The average molecular weight is 419 g/mol. The number of carbonyl (C=O) groups excluding carboxylic acids is 1. The highest BCUT2D eigenvalue weighted by atomic mass is 32.2. The molecule has 0 spiro atoms. The Kier molecular flexibility index (Phi) is 6.89. The molecule has 0 unspecified atom stereocenters. The van der Waals surface area contributed by atoms with Gasteiger partial charge in [-0.15, -0.1) is 0 Å². The van der Waals surface area contributed by atoms with Gasteiger partial charge in [0.1, 0.15) is 5.75 Å². The highest BCUT2D eigenvalue weighted by molar-refractivity contribution is 7.89. The Morgan fingerprint density at radius 3 is 2.38 bits per heavy atom. The summed E-state index contributed by atoms with van der Waals surface area (Å²) in [6.07, 6.45) is 2.72. The van der Waals surface area contributed by atoms with Crippen LogP contribution >= 0.6 is 0 Å². The maximum atomic E-state index is 13.6. The standard InChI is InChI=1S/C21H26N2O5S/c1-28-17-11-13-18(14-12-17)29(26,27)23(15-16-7-3-2-4-8-16)20-10-6-5-9-19(20)21(24)22-25/h2-4,7-8,11-14,19-20,25H,5-6,9-10,15H2,1H3,(H,22,24)/t19-,20-/m1/s1. The fourth-order valence-electron chi connectivity index (χ4n) is 3.87. The summed E-state index contributed by atoms with van der Waals surface area (Å²) < 4.78 is 33.7. The van der Waals surface area contributed by atoms with Crippen molar-refractivity contribution in [2.24, 2.45) is 5.92 Å². The molecular weight excluding hydrogens is 392 g/mol. The zero-order valence-electron chi connectivity index (χ0n) is 16.3. The minimum Gasteiger partial charge on any atom is -0.497 e. The molecule has 2 aromatic carbocycles. The molecule has 0 aliphatic heterocycles. The first kappa shape index (κ1) is 21.3. The first-order valence-electron chi connectivity index (χ1n) is 9.61. The Bertz CT molecular complexity index is 916. The molecule has 0 heterocycles. The summed E-state index contributed by atoms with van der Waals surface area (Å²) in [6.45, 7) is 0.148. The molecule has 1 aliphatic rings. The summed E-state index contributed by atoms with van der Waals surface area (Å²) in [6, 6.07) is 15.0. The topological polar surface area (TPSA) is 95.9 Å². The minimum atomic E-state index is -3.88. The highest BCUT2D eigenvalue weighted by Crippen LogP contribution is 2.34. The van der Waals surface area contributed by atoms with Crippen molar-refractivity contribution in [2.75, 3.05) is 7.11 Å². The lowest BCUT2D eigenvalue weighted by molar-refractivity contribution is -0.136. The molecule has 1 fully saturated rings. The lowest BCUT2D eigenvalue weighted by Gasteiger charge is -2.38. The van der Waals surface area contributed by atoms with Crippen LogP contribution in [0, 0.1) is 5.92 Å². The third-order valence-electron chi connectivity index (χ3n) is 5.39. The van der Waals surface area contributed by atoms with E-state index in [1.807, 2.05) is 30.3 Å². The van der Waals surface area contributed by atoms with Gasteiger partial charge in [-0.2, -0.15) is 4.31 Å². The summed E-state index contributed by atoms with van der Waals surface area (Å²) in [4.78, 5) is 12.4. The summed E-state index contributed by atoms with van der Waals surface area (Å²) in [5.74, 6) is -0.586. The van der Waals surface area contributed by atoms with Gasteiger partial charge in [0.25, 0.3) is 0 Å². The molecule has 1 saturated carbocycles. The number of methoxy groups -OCH3 is 1. The molecule has 1 aliphatic carbocycles. The maximum Gasteiger partial charge on any atom is 0.248 e. The molecule has 2 aromatic rings. The lowest BCUT2D eigenvalue weighted by atomic mass is 9.84. The van der Waals surface area contributed by atoms with Gasteiger partial charge in [0.15, 0.2) is 0 Å². The normalized spacial score (nSPS) is 19.7. The number of nitrogens with zero attached hydrogens (tertiary/aromatic N) is 1. The van der Waals surface area contributed by atoms with Gasteiger partial charge in [0.2, 0.25) is 15.9 Å². The molecule has 2 atom stereocenters. The number of hydrogen-bond donors (Lipinski definition) is 2. The van der Waals surface area contributed by atoms with E-state index in [9.17, 15) is 18.4 Å². The van der Waals surface area contributed by atoms with Gasteiger partial charge in [0, 0.05) is 12.6 Å². The van der Waals surface area contributed by atoms with Crippen molar-refractivity contribution < 1.29 is 23.2 Å². The number of hydrogen-bond acceptors (Lipinski definition) is 5. The van der Waals surface area contributed by atoms with Gasteiger partial charge in [-0.05, 0) is 42.7 Å². The third-order valence-corrected chi connectivity index (χ3v) is 7.28. The lowest BCUT2D eigenvalue weighted by Crippen LogP contribution is -2.50. The van der Waals surface area contributed by atoms with Crippen molar-refractivity contribution in [2.45, 2.75) is 43.2 Å². The van der Waals surface area contributed by atoms with Crippen molar-refractivity contribution in [3.05, 3.63) is 60.2 Å². The third kappa shape index (κ3) is 4.77. The van der Waals surface area contributed by atoms with Crippen LogP contribution in [0.4, 0.5) is 0 Å². The van der Waals surface area contributed by atoms with E-state index >= 15 is 0 Å². The predicted octanol–water partition coefficient (Wildman–Crippen LogP) is 2.95. The van der Waals surface area contributed by atoms with Crippen molar-refractivity contribution in [1.82, 2.24) is 9.79 Å². The van der Waals surface area contributed by atoms with Crippen LogP contribution in [0.15, 0.2) is 59.5 Å². The largest absolute Gasteiger partial charge is 0.497 e. The van der Waals surface area contributed by atoms with Gasteiger partial charge in [-0.25, -0.2) is 13.9 Å². The van der Waals surface area contributed by atoms with Crippen LogP contribution in [0.3, 0.4) is 0 Å². The Balaban J connectivity index is 2.02. The van der Waals surface area contributed by atoms with E-state index in [-0.39, 0.29) is 11.4 Å². The number of rotatable bonds is 7. The number of ether oxygens (including phenoxy) is 1. The number of nitrogens with one attached hydrogen (secondary N) is 1. The zero-order chi connectivity index (χ0) is 20.9. The van der Waals surface area contributed by atoms with Crippen LogP contribution in [0.2, 0.25) is 0 Å². The quantitative estimate of drug-likeness (QED) is 0.532. The van der Waals surface area contributed by atoms with E-state index in [0.29, 0.717) is 18.6 Å². The fourth-order valence-corrected chi connectivity index (χ4v) is 5.55. The Hall–Kier alpha value is -2.42. The van der Waals surface area contributed by atoms with Gasteiger partial charge in [-0.1, -0.05) is 43.2 Å². The van der Waals surface area contributed by atoms with Gasteiger partial charge in [0.05, 0.1) is 17.9 Å². The Labute approximate surface area is 171 Å². The summed E-state index contributed by atoms with van der Waals surface area (Å²) in [7, 11) is -2.36. The maximum absolute atomic E-state index is 13.6. The van der Waals surface area contributed by atoms with Crippen LogP contribution in [0.25, 0.3) is 0 Å². The van der Waals surface area contributed by atoms with E-state index in [0.717, 1.165) is 18.4 Å². The molecule has 7 nitrogen and oxygen atoms in total. The van der Waals surface area contributed by atoms with E-state index < -0.39 is 27.9 Å². The van der Waals surface area contributed by atoms with Crippen molar-refractivity contribution in [3.8, 4) is 5.75 Å². The van der Waals surface area contributed by atoms with E-state index in [4.69, 9.17) is 4.74 Å². The second-order valence-electron chi connectivity index (χ2n) is 7.15. The van der Waals surface area contributed by atoms with Crippen LogP contribution in [-0.2, 0) is 21.4 Å². The zero-order valence-corrected chi connectivity index (χ0v) is 17.1. The Morgan fingerprint density at radius 2 is 1.76 bits per heavy atom. The van der Waals surface area contributed by atoms with E-state index in [1.54, 1.807) is 17.6 Å². The van der Waals surface area contributed by atoms with Crippen molar-refractivity contribution in [3.63, 3.8) is 0 Å². The summed E-state index contributed by atoms with van der Waals surface area (Å²) in [5, 5.41) is 9.17. The average Bonchev–Trinajstić information content (AvgIpc) is 2.77. The molecule has 2 N–H and O–H groups in total. The first-order chi connectivity index (χ1) is 14.0. The van der Waals surface area contributed by atoms with Crippen LogP contribution in [0.5, 0.6) is 5.75 Å². The molecule has 0 bridgehead atoms. The van der Waals surface area contributed by atoms with Crippen LogP contribution in [-0.4, -0.2) is 37.0 Å². The fraction of sp³-hybridized carbons (Fsp3) is 0.381. The Morgan fingerprint density at radius 1 is 1.10 bits per heavy atom. The number of benzene rings is 2. The number of hydroxylamine groups is 1. The van der Waals surface area contributed by atoms with Gasteiger partial charge < -0.3 is 4.74 Å². The smallest absolute Gasteiger partial charge is 0.248 e. The van der Waals surface area contributed by atoms with Crippen LogP contribution in [0.1, 0.15) is 31.2 Å². The molecule has 29 heavy (non-hydrogen) atoms. The summed E-state index contributed by atoms with van der Waals surface area (Å²) >= 11 is 0. The second kappa shape index (κ2) is 9.39. The number of amides is 1. The predicted molar refractivity (Wildman–Crippen MR) is 108 cm³/mol. The van der Waals surface area contributed by atoms with Crippen molar-refractivity contribution in [1.29, 1.82) is 0 Å². The van der Waals surface area contributed by atoms with Crippen molar-refractivity contribution >= 4 is 15.9 Å². The minimum absolute atomic E-state index is 0.142. The SMILES string of the molecule is COc1ccc(S(=O)(=O)N(Cc2ccccc2)[C@@H]2CCCC[C@H]2C(=O)NO)cc1. The highest BCUT2D eigenvalue weighted by Gasteiger charge is 2.40. The molecule has 0 aromatic heterocycles. The first-order valence-corrected chi connectivity index (χ1v) is 11.0. The van der Waals surface area contributed by atoms with Gasteiger partial charge in [-0.3, -0.25) is 10.0 Å². The monoisotopic (exact) mass is 418 g/mol. The molecule has 156 valence electrons. The second-order valence-corrected chi connectivity index (χ2v) is 9.04.